The Bertz CT molecular complexity index is 730. The highest BCUT2D eigenvalue weighted by atomic mass is 35.5. The number of amides is 1. The van der Waals surface area contributed by atoms with E-state index in [1.54, 1.807) is 0 Å². The molecule has 0 aromatic heterocycles. The minimum Gasteiger partial charge on any atom is -0.349 e. The van der Waals surface area contributed by atoms with Gasteiger partial charge in [-0.05, 0) is 41.5 Å². The zero-order valence-corrected chi connectivity index (χ0v) is 15.4. The van der Waals surface area contributed by atoms with Gasteiger partial charge < -0.3 is 11.1 Å². The highest BCUT2D eigenvalue weighted by Crippen LogP contribution is 2.48. The van der Waals surface area contributed by atoms with E-state index in [0.717, 1.165) is 6.42 Å². The zero-order chi connectivity index (χ0) is 16.6. The Labute approximate surface area is 150 Å². The summed E-state index contributed by atoms with van der Waals surface area (Å²) in [6.45, 7) is 6.69. The topological polar surface area (TPSA) is 55.1 Å². The number of benzene rings is 2. The van der Waals surface area contributed by atoms with Crippen LogP contribution in [-0.4, -0.2) is 18.0 Å². The standard InChI is InChI=1S/C20H26N2O.ClH/c1-13(2)20(3,12-21)22-19(23)18-11-17(18)16-9-8-14-6-4-5-7-15(14)10-16;/h4-10,13,17-18H,11-12,21H2,1-3H3,(H,22,23);1H. The summed E-state index contributed by atoms with van der Waals surface area (Å²) in [4.78, 5) is 12.6. The van der Waals surface area contributed by atoms with Crippen molar-refractivity contribution in [1.29, 1.82) is 0 Å². The molecule has 3 rings (SSSR count). The summed E-state index contributed by atoms with van der Waals surface area (Å²) in [6, 6.07) is 14.9. The van der Waals surface area contributed by atoms with E-state index < -0.39 is 0 Å². The molecule has 2 aromatic carbocycles. The maximum absolute atomic E-state index is 12.6. The van der Waals surface area contributed by atoms with E-state index in [2.05, 4.69) is 61.6 Å². The molecule has 1 amide bonds. The van der Waals surface area contributed by atoms with Crippen LogP contribution < -0.4 is 11.1 Å². The van der Waals surface area contributed by atoms with Gasteiger partial charge >= 0.3 is 0 Å². The molecule has 3 N–H and O–H groups in total. The summed E-state index contributed by atoms with van der Waals surface area (Å²) >= 11 is 0. The average Bonchev–Trinajstić information content (AvgIpc) is 3.35. The van der Waals surface area contributed by atoms with Crippen molar-refractivity contribution in [3.05, 3.63) is 48.0 Å². The second kappa shape index (κ2) is 7.12. The zero-order valence-electron chi connectivity index (χ0n) is 14.6. The van der Waals surface area contributed by atoms with Gasteiger partial charge in [-0.3, -0.25) is 4.79 Å². The van der Waals surface area contributed by atoms with Crippen LogP contribution in [0.4, 0.5) is 0 Å². The minimum atomic E-state index is -0.326. The van der Waals surface area contributed by atoms with Crippen molar-refractivity contribution in [2.24, 2.45) is 17.6 Å². The molecule has 3 nitrogen and oxygen atoms in total. The van der Waals surface area contributed by atoms with Gasteiger partial charge in [-0.25, -0.2) is 0 Å². The summed E-state index contributed by atoms with van der Waals surface area (Å²) in [7, 11) is 0. The third-order valence-electron chi connectivity index (χ3n) is 5.44. The smallest absolute Gasteiger partial charge is 0.224 e. The molecule has 3 unspecified atom stereocenters. The normalized spacial score (nSPS) is 21.9. The molecule has 0 spiro atoms. The summed E-state index contributed by atoms with van der Waals surface area (Å²) in [5, 5.41) is 5.66. The number of fused-ring (bicyclic) bond motifs is 1. The Morgan fingerprint density at radius 3 is 2.54 bits per heavy atom. The number of halogens is 1. The molecule has 4 heteroatoms. The van der Waals surface area contributed by atoms with Gasteiger partial charge in [-0.1, -0.05) is 56.3 Å². The van der Waals surface area contributed by atoms with Gasteiger partial charge in [0.05, 0.1) is 5.54 Å². The lowest BCUT2D eigenvalue weighted by atomic mass is 9.88. The van der Waals surface area contributed by atoms with E-state index in [0.29, 0.717) is 18.4 Å². The Kier molecular flexibility index (Phi) is 5.56. The fourth-order valence-corrected chi connectivity index (χ4v) is 3.10. The molecule has 0 aliphatic heterocycles. The molecule has 0 bridgehead atoms. The third kappa shape index (κ3) is 3.57. The molecule has 24 heavy (non-hydrogen) atoms. The van der Waals surface area contributed by atoms with E-state index in [-0.39, 0.29) is 29.8 Å². The highest BCUT2D eigenvalue weighted by molar-refractivity contribution is 5.86. The van der Waals surface area contributed by atoms with Gasteiger partial charge in [-0.15, -0.1) is 12.4 Å². The van der Waals surface area contributed by atoms with Gasteiger partial charge in [0.1, 0.15) is 0 Å². The van der Waals surface area contributed by atoms with Gasteiger partial charge in [0.2, 0.25) is 5.91 Å². The van der Waals surface area contributed by atoms with Crippen molar-refractivity contribution in [2.45, 2.75) is 38.6 Å². The maximum atomic E-state index is 12.6. The molecule has 0 heterocycles. The molecule has 3 atom stereocenters. The lowest BCUT2D eigenvalue weighted by Gasteiger charge is -2.33. The van der Waals surface area contributed by atoms with Crippen LogP contribution in [-0.2, 0) is 4.79 Å². The van der Waals surface area contributed by atoms with E-state index in [1.165, 1.54) is 16.3 Å². The van der Waals surface area contributed by atoms with Crippen molar-refractivity contribution < 1.29 is 4.79 Å². The number of nitrogens with one attached hydrogen (secondary N) is 1. The summed E-state index contributed by atoms with van der Waals surface area (Å²) in [6.07, 6.45) is 0.933. The van der Waals surface area contributed by atoms with Crippen molar-refractivity contribution in [3.63, 3.8) is 0 Å². The van der Waals surface area contributed by atoms with Crippen molar-refractivity contribution in [2.75, 3.05) is 6.54 Å². The van der Waals surface area contributed by atoms with Crippen LogP contribution in [0.25, 0.3) is 10.8 Å². The van der Waals surface area contributed by atoms with Crippen LogP contribution in [0, 0.1) is 11.8 Å². The Balaban J connectivity index is 0.00000208. The fourth-order valence-electron chi connectivity index (χ4n) is 3.10. The molecule has 1 saturated carbocycles. The highest BCUT2D eigenvalue weighted by Gasteiger charge is 2.45. The molecule has 1 aliphatic rings. The van der Waals surface area contributed by atoms with E-state index >= 15 is 0 Å². The van der Waals surface area contributed by atoms with Crippen LogP contribution >= 0.6 is 12.4 Å². The monoisotopic (exact) mass is 346 g/mol. The van der Waals surface area contributed by atoms with E-state index in [1.807, 2.05) is 6.92 Å². The van der Waals surface area contributed by atoms with Gasteiger partial charge in [0.15, 0.2) is 0 Å². The first-order chi connectivity index (χ1) is 10.9. The second-order valence-corrected chi connectivity index (χ2v) is 7.32. The number of nitrogens with two attached hydrogens (primary N) is 1. The molecule has 2 aromatic rings. The molecular formula is C20H27ClN2O. The molecular weight excluding hydrogens is 320 g/mol. The van der Waals surface area contributed by atoms with Gasteiger partial charge in [-0.2, -0.15) is 0 Å². The minimum absolute atomic E-state index is 0. The number of hydrogen-bond acceptors (Lipinski definition) is 2. The SMILES string of the molecule is CC(C)C(C)(CN)NC(=O)C1CC1c1ccc2ccccc2c1.Cl. The Hall–Kier alpha value is -1.58. The number of carbonyl (C=O) groups is 1. The fraction of sp³-hybridized carbons (Fsp3) is 0.450. The molecule has 0 radical (unpaired) electrons. The largest absolute Gasteiger partial charge is 0.349 e. The lowest BCUT2D eigenvalue weighted by molar-refractivity contribution is -0.124. The van der Waals surface area contributed by atoms with Crippen LogP contribution in [0.1, 0.15) is 38.7 Å². The first kappa shape index (κ1) is 18.8. The Morgan fingerprint density at radius 2 is 1.92 bits per heavy atom. The van der Waals surface area contributed by atoms with Crippen molar-refractivity contribution in [3.8, 4) is 0 Å². The lowest BCUT2D eigenvalue weighted by Crippen LogP contribution is -2.55. The predicted molar refractivity (Wildman–Crippen MR) is 102 cm³/mol. The van der Waals surface area contributed by atoms with E-state index in [4.69, 9.17) is 5.73 Å². The van der Waals surface area contributed by atoms with Crippen LogP contribution in [0.5, 0.6) is 0 Å². The third-order valence-corrected chi connectivity index (χ3v) is 5.44. The first-order valence-electron chi connectivity index (χ1n) is 8.45. The summed E-state index contributed by atoms with van der Waals surface area (Å²) in [5.74, 6) is 0.883. The predicted octanol–water partition coefficient (Wildman–Crippen LogP) is 3.85. The first-order valence-corrected chi connectivity index (χ1v) is 8.45. The summed E-state index contributed by atoms with van der Waals surface area (Å²) < 4.78 is 0. The van der Waals surface area contributed by atoms with Gasteiger partial charge in [0, 0.05) is 12.5 Å². The van der Waals surface area contributed by atoms with E-state index in [9.17, 15) is 4.79 Å². The van der Waals surface area contributed by atoms with Crippen LogP contribution in [0.2, 0.25) is 0 Å². The average molecular weight is 347 g/mol. The van der Waals surface area contributed by atoms with Gasteiger partial charge in [0.25, 0.3) is 0 Å². The van der Waals surface area contributed by atoms with Crippen LogP contribution in [0.15, 0.2) is 42.5 Å². The molecule has 1 aliphatic carbocycles. The summed E-state index contributed by atoms with van der Waals surface area (Å²) in [5.41, 5.74) is 6.81. The number of rotatable bonds is 5. The van der Waals surface area contributed by atoms with Crippen LogP contribution in [0.3, 0.4) is 0 Å². The quantitative estimate of drug-likeness (QED) is 0.863. The van der Waals surface area contributed by atoms with Crippen molar-refractivity contribution >= 4 is 29.1 Å². The van der Waals surface area contributed by atoms with Crippen molar-refractivity contribution in [1.82, 2.24) is 5.32 Å². The molecule has 130 valence electrons. The number of hydrogen-bond donors (Lipinski definition) is 2. The second-order valence-electron chi connectivity index (χ2n) is 7.32. The maximum Gasteiger partial charge on any atom is 0.224 e. The Morgan fingerprint density at radius 1 is 1.25 bits per heavy atom. The molecule has 1 fully saturated rings. The molecule has 0 saturated heterocycles. The number of carbonyl (C=O) groups excluding carboxylic acids is 1.